The van der Waals surface area contributed by atoms with Gasteiger partial charge in [0.25, 0.3) is 0 Å². The number of hydrogen-bond donors (Lipinski definition) is 1. The lowest BCUT2D eigenvalue weighted by atomic mass is 10.0. The fourth-order valence-corrected chi connectivity index (χ4v) is 4.39. The molecule has 0 bridgehead atoms. The maximum Gasteiger partial charge on any atom is 0.243 e. The van der Waals surface area contributed by atoms with Crippen molar-refractivity contribution in [2.45, 2.75) is 37.1 Å². The number of nitrogens with two attached hydrogens (primary N) is 1. The number of hydrogen-bond acceptors (Lipinski definition) is 3. The van der Waals surface area contributed by atoms with Crippen molar-refractivity contribution in [3.8, 4) is 0 Å². The summed E-state index contributed by atoms with van der Waals surface area (Å²) in [4.78, 5) is 11.7. The van der Waals surface area contributed by atoms with Crippen LogP contribution < -0.4 is 5.73 Å². The number of carbonyl (C=O) groups is 1. The Labute approximate surface area is 127 Å². The van der Waals surface area contributed by atoms with Crippen molar-refractivity contribution in [3.63, 3.8) is 0 Å². The van der Waals surface area contributed by atoms with E-state index in [1.807, 2.05) is 6.92 Å². The highest BCUT2D eigenvalue weighted by atomic mass is 79.9. The minimum absolute atomic E-state index is 0.200. The Morgan fingerprint density at radius 3 is 2.70 bits per heavy atom. The molecule has 1 amide bonds. The molecule has 0 unspecified atom stereocenters. The summed E-state index contributed by atoms with van der Waals surface area (Å²) in [6, 6.07) is 4.11. The SMILES string of the molecule is Cc1cc(S(=O)(=O)N2CCCC[C@H]2C(N)=O)ccc1Br. The van der Waals surface area contributed by atoms with Gasteiger partial charge in [-0.05, 0) is 43.5 Å². The zero-order valence-corrected chi connectivity index (χ0v) is 13.6. The van der Waals surface area contributed by atoms with E-state index >= 15 is 0 Å². The molecular formula is C13H17BrN2O3S. The standard InChI is InChI=1S/C13H17BrN2O3S/c1-9-8-10(5-6-11(9)14)20(18,19)16-7-3-2-4-12(16)13(15)17/h5-6,8,12H,2-4,7H2,1H3,(H2,15,17)/t12-/m0/s1. The van der Waals surface area contributed by atoms with Gasteiger partial charge in [0, 0.05) is 11.0 Å². The van der Waals surface area contributed by atoms with Gasteiger partial charge in [-0.3, -0.25) is 4.79 Å². The highest BCUT2D eigenvalue weighted by Gasteiger charge is 2.36. The van der Waals surface area contributed by atoms with Gasteiger partial charge in [-0.25, -0.2) is 8.42 Å². The lowest BCUT2D eigenvalue weighted by Crippen LogP contribution is -2.50. The average Bonchev–Trinajstić information content (AvgIpc) is 2.41. The Balaban J connectivity index is 2.42. The topological polar surface area (TPSA) is 80.5 Å². The van der Waals surface area contributed by atoms with Gasteiger partial charge in [-0.2, -0.15) is 4.31 Å². The van der Waals surface area contributed by atoms with Crippen LogP contribution in [0.15, 0.2) is 27.6 Å². The molecule has 0 aromatic heterocycles. The van der Waals surface area contributed by atoms with Crippen LogP contribution in [0.5, 0.6) is 0 Å². The Kier molecular flexibility index (Phi) is 4.51. The van der Waals surface area contributed by atoms with Crippen molar-refractivity contribution in [2.24, 2.45) is 5.73 Å². The molecule has 1 saturated heterocycles. The van der Waals surface area contributed by atoms with Crippen LogP contribution in [-0.4, -0.2) is 31.2 Å². The van der Waals surface area contributed by atoms with E-state index in [0.29, 0.717) is 13.0 Å². The summed E-state index contributed by atoms with van der Waals surface area (Å²) in [5, 5.41) is 0. The minimum atomic E-state index is -3.68. The van der Waals surface area contributed by atoms with E-state index in [9.17, 15) is 13.2 Å². The summed E-state index contributed by atoms with van der Waals surface area (Å²) in [6.07, 6.45) is 2.06. The second-order valence-corrected chi connectivity index (χ2v) is 7.69. The van der Waals surface area contributed by atoms with Gasteiger partial charge in [0.15, 0.2) is 0 Å². The number of carbonyl (C=O) groups excluding carboxylic acids is 1. The highest BCUT2D eigenvalue weighted by Crippen LogP contribution is 2.27. The molecule has 1 aromatic carbocycles. The van der Waals surface area contributed by atoms with Gasteiger partial charge < -0.3 is 5.73 Å². The zero-order chi connectivity index (χ0) is 14.9. The van der Waals surface area contributed by atoms with Crippen molar-refractivity contribution in [3.05, 3.63) is 28.2 Å². The van der Waals surface area contributed by atoms with E-state index < -0.39 is 22.0 Å². The third-order valence-electron chi connectivity index (χ3n) is 3.52. The highest BCUT2D eigenvalue weighted by molar-refractivity contribution is 9.10. The molecule has 0 spiro atoms. The molecule has 2 N–H and O–H groups in total. The second-order valence-electron chi connectivity index (χ2n) is 4.94. The van der Waals surface area contributed by atoms with Crippen LogP contribution in [0, 0.1) is 6.92 Å². The number of sulfonamides is 1. The summed E-state index contributed by atoms with van der Waals surface area (Å²) in [6.45, 7) is 2.16. The molecule has 1 atom stereocenters. The Bertz CT molecular complexity index is 631. The van der Waals surface area contributed by atoms with Crippen LogP contribution >= 0.6 is 15.9 Å². The van der Waals surface area contributed by atoms with Gasteiger partial charge in [0.1, 0.15) is 6.04 Å². The molecule has 5 nitrogen and oxygen atoms in total. The van der Waals surface area contributed by atoms with Crippen molar-refractivity contribution >= 4 is 31.9 Å². The van der Waals surface area contributed by atoms with E-state index in [2.05, 4.69) is 15.9 Å². The summed E-state index contributed by atoms with van der Waals surface area (Å²) < 4.78 is 27.4. The van der Waals surface area contributed by atoms with E-state index in [1.165, 1.54) is 4.31 Å². The molecule has 2 rings (SSSR count). The average molecular weight is 361 g/mol. The van der Waals surface area contributed by atoms with Crippen molar-refractivity contribution in [1.29, 1.82) is 0 Å². The molecule has 0 saturated carbocycles. The van der Waals surface area contributed by atoms with Gasteiger partial charge in [0.2, 0.25) is 15.9 Å². The first-order valence-electron chi connectivity index (χ1n) is 6.41. The number of aryl methyl sites for hydroxylation is 1. The zero-order valence-electron chi connectivity index (χ0n) is 11.2. The first-order chi connectivity index (χ1) is 9.34. The fourth-order valence-electron chi connectivity index (χ4n) is 2.39. The second kappa shape index (κ2) is 5.83. The molecule has 1 aliphatic rings. The lowest BCUT2D eigenvalue weighted by molar-refractivity contribution is -0.122. The summed E-state index contributed by atoms with van der Waals surface area (Å²) >= 11 is 3.34. The molecule has 1 fully saturated rings. The molecule has 1 aromatic rings. The van der Waals surface area contributed by atoms with E-state index in [-0.39, 0.29) is 4.90 Å². The van der Waals surface area contributed by atoms with E-state index in [4.69, 9.17) is 5.73 Å². The molecule has 110 valence electrons. The number of halogens is 1. The lowest BCUT2D eigenvalue weighted by Gasteiger charge is -2.32. The summed E-state index contributed by atoms with van der Waals surface area (Å²) in [7, 11) is -3.68. The van der Waals surface area contributed by atoms with Crippen molar-refractivity contribution in [1.82, 2.24) is 4.31 Å². The molecule has 1 aliphatic heterocycles. The van der Waals surface area contributed by atoms with Gasteiger partial charge in [-0.15, -0.1) is 0 Å². The van der Waals surface area contributed by atoms with E-state index in [1.54, 1.807) is 18.2 Å². The number of nitrogens with zero attached hydrogens (tertiary/aromatic N) is 1. The van der Waals surface area contributed by atoms with Crippen LogP contribution in [0.25, 0.3) is 0 Å². The number of rotatable bonds is 3. The number of benzene rings is 1. The Morgan fingerprint density at radius 2 is 2.10 bits per heavy atom. The monoisotopic (exact) mass is 360 g/mol. The smallest absolute Gasteiger partial charge is 0.243 e. The first-order valence-corrected chi connectivity index (χ1v) is 8.64. The third kappa shape index (κ3) is 2.89. The number of primary amides is 1. The van der Waals surface area contributed by atoms with E-state index in [0.717, 1.165) is 22.9 Å². The number of piperidine rings is 1. The molecular weight excluding hydrogens is 344 g/mol. The van der Waals surface area contributed by atoms with Gasteiger partial charge in [-0.1, -0.05) is 22.4 Å². The predicted molar refractivity (Wildman–Crippen MR) is 79.6 cm³/mol. The normalized spacial score (nSPS) is 20.8. The quantitative estimate of drug-likeness (QED) is 0.891. The minimum Gasteiger partial charge on any atom is -0.368 e. The maximum absolute atomic E-state index is 12.7. The molecule has 7 heteroatoms. The number of amides is 1. The Hall–Kier alpha value is -0.920. The van der Waals surface area contributed by atoms with Crippen LogP contribution in [-0.2, 0) is 14.8 Å². The maximum atomic E-state index is 12.7. The van der Waals surface area contributed by atoms with Crippen LogP contribution in [0.1, 0.15) is 24.8 Å². The van der Waals surface area contributed by atoms with Crippen LogP contribution in [0.4, 0.5) is 0 Å². The van der Waals surface area contributed by atoms with Crippen LogP contribution in [0.3, 0.4) is 0 Å². The largest absolute Gasteiger partial charge is 0.368 e. The molecule has 0 aliphatic carbocycles. The van der Waals surface area contributed by atoms with Crippen LogP contribution in [0.2, 0.25) is 0 Å². The van der Waals surface area contributed by atoms with Crippen molar-refractivity contribution < 1.29 is 13.2 Å². The van der Waals surface area contributed by atoms with Crippen molar-refractivity contribution in [2.75, 3.05) is 6.54 Å². The molecule has 20 heavy (non-hydrogen) atoms. The van der Waals surface area contributed by atoms with Gasteiger partial charge in [0.05, 0.1) is 4.90 Å². The molecule has 0 radical (unpaired) electrons. The fraction of sp³-hybridized carbons (Fsp3) is 0.462. The molecule has 1 heterocycles. The predicted octanol–water partition coefficient (Wildman–Crippen LogP) is 1.79. The Morgan fingerprint density at radius 1 is 1.40 bits per heavy atom. The third-order valence-corrected chi connectivity index (χ3v) is 6.31. The summed E-state index contributed by atoms with van der Waals surface area (Å²) in [5.41, 5.74) is 6.17. The van der Waals surface area contributed by atoms with Gasteiger partial charge >= 0.3 is 0 Å². The summed E-state index contributed by atoms with van der Waals surface area (Å²) in [5.74, 6) is -0.581. The first kappa shape index (κ1) is 15.5.